The Balaban J connectivity index is 2.20. The summed E-state index contributed by atoms with van der Waals surface area (Å²) in [4.78, 5) is 0. The highest BCUT2D eigenvalue weighted by Gasteiger charge is 2.14. The van der Waals surface area contributed by atoms with E-state index in [4.69, 9.17) is 0 Å². The summed E-state index contributed by atoms with van der Waals surface area (Å²) in [6.45, 7) is 6.32. The molecule has 0 bridgehead atoms. The summed E-state index contributed by atoms with van der Waals surface area (Å²) in [7, 11) is 0. The van der Waals surface area contributed by atoms with Crippen molar-refractivity contribution in [2.24, 2.45) is 5.92 Å². The van der Waals surface area contributed by atoms with Crippen LogP contribution in [-0.4, -0.2) is 0 Å². The number of rotatable bonds is 3. The molecule has 98 valence electrons. The minimum atomic E-state index is 0.502. The van der Waals surface area contributed by atoms with Crippen molar-refractivity contribution in [3.05, 3.63) is 77.4 Å². The molecule has 0 N–H and O–H groups in total. The maximum atomic E-state index is 2.30. The van der Waals surface area contributed by atoms with E-state index in [-0.39, 0.29) is 0 Å². The van der Waals surface area contributed by atoms with Gasteiger partial charge in [-0.25, -0.2) is 0 Å². The van der Waals surface area contributed by atoms with Gasteiger partial charge < -0.3 is 0 Å². The second-order valence-electron chi connectivity index (χ2n) is 5.04. The maximum Gasteiger partial charge on any atom is 0.00583 e. The zero-order valence-corrected chi connectivity index (χ0v) is 12.1. The first-order valence-electron chi connectivity index (χ1n) is 6.98. The van der Waals surface area contributed by atoms with Gasteiger partial charge in [-0.2, -0.15) is 0 Å². The molecule has 1 atom stereocenters. The summed E-state index contributed by atoms with van der Waals surface area (Å²) in [5.41, 5.74) is 5.49. The van der Waals surface area contributed by atoms with Gasteiger partial charge in [-0.3, -0.25) is 0 Å². The zero-order valence-electron chi connectivity index (χ0n) is 12.1. The van der Waals surface area contributed by atoms with Crippen LogP contribution >= 0.6 is 0 Å². The topological polar surface area (TPSA) is 0 Å². The van der Waals surface area contributed by atoms with Crippen LogP contribution in [0.25, 0.3) is 5.57 Å². The van der Waals surface area contributed by atoms with Gasteiger partial charge in [0.1, 0.15) is 0 Å². The summed E-state index contributed by atoms with van der Waals surface area (Å²) >= 11 is 0. The summed E-state index contributed by atoms with van der Waals surface area (Å²) < 4.78 is 0. The van der Waals surface area contributed by atoms with Crippen LogP contribution in [0.2, 0.25) is 0 Å². The monoisotopic (exact) mass is 250 g/mol. The van der Waals surface area contributed by atoms with Crippen LogP contribution in [0.15, 0.2) is 66.3 Å². The van der Waals surface area contributed by atoms with E-state index in [2.05, 4.69) is 81.5 Å². The molecule has 0 nitrogen and oxygen atoms in total. The normalized spacial score (nSPS) is 19.8. The molecule has 0 aromatic heterocycles. The first kappa shape index (κ1) is 13.6. The largest absolute Gasteiger partial charge is 0.0874 e. The lowest BCUT2D eigenvalue weighted by molar-refractivity contribution is 0.797. The van der Waals surface area contributed by atoms with E-state index in [9.17, 15) is 0 Å². The third kappa shape index (κ3) is 3.35. The Hall–Kier alpha value is -1.82. The van der Waals surface area contributed by atoms with Gasteiger partial charge in [0.2, 0.25) is 0 Å². The number of hydrogen-bond donors (Lipinski definition) is 0. The first-order chi connectivity index (χ1) is 9.24. The average Bonchev–Trinajstić information content (AvgIpc) is 2.45. The Kier molecular flexibility index (Phi) is 4.57. The van der Waals surface area contributed by atoms with Gasteiger partial charge in [0, 0.05) is 5.92 Å². The third-order valence-corrected chi connectivity index (χ3v) is 3.62. The summed E-state index contributed by atoms with van der Waals surface area (Å²) in [5, 5.41) is 0. The van der Waals surface area contributed by atoms with Gasteiger partial charge in [0.05, 0.1) is 0 Å². The Morgan fingerprint density at radius 2 is 1.89 bits per heavy atom. The van der Waals surface area contributed by atoms with Gasteiger partial charge in [0.15, 0.2) is 0 Å². The molecule has 19 heavy (non-hydrogen) atoms. The molecule has 0 heteroatoms. The van der Waals surface area contributed by atoms with Crippen LogP contribution in [0.3, 0.4) is 0 Å². The average molecular weight is 250 g/mol. The van der Waals surface area contributed by atoms with Crippen molar-refractivity contribution >= 4 is 5.57 Å². The van der Waals surface area contributed by atoms with Crippen molar-refractivity contribution in [2.75, 3.05) is 0 Å². The van der Waals surface area contributed by atoms with E-state index in [0.29, 0.717) is 5.92 Å². The molecule has 0 heterocycles. The number of hydrogen-bond acceptors (Lipinski definition) is 0. The molecule has 1 unspecified atom stereocenters. The number of aryl methyl sites for hydroxylation is 1. The molecule has 1 aliphatic carbocycles. The Morgan fingerprint density at radius 3 is 2.53 bits per heavy atom. The molecule has 0 aliphatic heterocycles. The molecule has 2 rings (SSSR count). The summed E-state index contributed by atoms with van der Waals surface area (Å²) in [6.07, 6.45) is 14.4. The van der Waals surface area contributed by atoms with Gasteiger partial charge in [-0.15, -0.1) is 0 Å². The quantitative estimate of drug-likeness (QED) is 0.623. The van der Waals surface area contributed by atoms with Crippen LogP contribution < -0.4 is 0 Å². The second-order valence-corrected chi connectivity index (χ2v) is 5.04. The highest BCUT2D eigenvalue weighted by molar-refractivity contribution is 5.69. The van der Waals surface area contributed by atoms with Crippen molar-refractivity contribution in [3.8, 4) is 0 Å². The van der Waals surface area contributed by atoms with E-state index in [1.165, 1.54) is 22.3 Å². The lowest BCUT2D eigenvalue weighted by Crippen LogP contribution is -2.04. The second kappa shape index (κ2) is 6.38. The van der Waals surface area contributed by atoms with Crippen LogP contribution in [0, 0.1) is 12.8 Å². The highest BCUT2D eigenvalue weighted by Crippen LogP contribution is 2.31. The molecular weight excluding hydrogens is 228 g/mol. The van der Waals surface area contributed by atoms with E-state index < -0.39 is 0 Å². The first-order valence-corrected chi connectivity index (χ1v) is 6.98. The maximum absolute atomic E-state index is 2.30. The molecule has 1 aromatic rings. The lowest BCUT2D eigenvalue weighted by atomic mass is 9.85. The molecule has 1 aromatic carbocycles. The van der Waals surface area contributed by atoms with Gasteiger partial charge in [-0.05, 0) is 43.9 Å². The molecule has 0 saturated heterocycles. The van der Waals surface area contributed by atoms with Gasteiger partial charge >= 0.3 is 0 Å². The number of benzene rings is 1. The van der Waals surface area contributed by atoms with Crippen LogP contribution in [0.1, 0.15) is 31.4 Å². The number of allylic oxidation sites excluding steroid dienone is 8. The van der Waals surface area contributed by atoms with E-state index in [1.807, 2.05) is 0 Å². The smallest absolute Gasteiger partial charge is 0.00583 e. The highest BCUT2D eigenvalue weighted by atomic mass is 14.2. The van der Waals surface area contributed by atoms with Crippen molar-refractivity contribution in [1.29, 1.82) is 0 Å². The van der Waals surface area contributed by atoms with Crippen molar-refractivity contribution in [3.63, 3.8) is 0 Å². The van der Waals surface area contributed by atoms with Gasteiger partial charge in [-0.1, -0.05) is 66.3 Å². The Labute approximate surface area is 116 Å². The molecule has 0 radical (unpaired) electrons. The summed E-state index contributed by atoms with van der Waals surface area (Å²) in [6, 6.07) is 8.82. The lowest BCUT2D eigenvalue weighted by Gasteiger charge is -2.20. The fourth-order valence-corrected chi connectivity index (χ4v) is 2.52. The third-order valence-electron chi connectivity index (χ3n) is 3.62. The Bertz CT molecular complexity index is 536. The standard InChI is InChI=1S/C19H22/c1-4-7-16(5-2)18-8-6-9-19(14-18)17-12-10-15(3)11-13-17/h4-13,18H,14H2,1-3H3/b7-4-,16-5+. The van der Waals surface area contributed by atoms with E-state index in [0.717, 1.165) is 6.42 Å². The molecule has 0 spiro atoms. The predicted octanol–water partition coefficient (Wildman–Crippen LogP) is 5.48. The fourth-order valence-electron chi connectivity index (χ4n) is 2.52. The van der Waals surface area contributed by atoms with Crippen molar-refractivity contribution in [2.45, 2.75) is 27.2 Å². The van der Waals surface area contributed by atoms with Crippen molar-refractivity contribution in [1.82, 2.24) is 0 Å². The van der Waals surface area contributed by atoms with Crippen LogP contribution in [0.4, 0.5) is 0 Å². The minimum Gasteiger partial charge on any atom is -0.0874 e. The van der Waals surface area contributed by atoms with Crippen LogP contribution in [0.5, 0.6) is 0 Å². The molecule has 1 aliphatic rings. The summed E-state index contributed by atoms with van der Waals surface area (Å²) in [5.74, 6) is 0.502. The predicted molar refractivity (Wildman–Crippen MR) is 85.0 cm³/mol. The molecular formula is C19H22. The molecule has 0 amide bonds. The zero-order chi connectivity index (χ0) is 13.7. The molecule has 0 fully saturated rings. The molecule has 0 saturated carbocycles. The van der Waals surface area contributed by atoms with Crippen LogP contribution in [-0.2, 0) is 0 Å². The van der Waals surface area contributed by atoms with Crippen molar-refractivity contribution < 1.29 is 0 Å². The van der Waals surface area contributed by atoms with E-state index >= 15 is 0 Å². The Morgan fingerprint density at radius 1 is 1.16 bits per heavy atom. The minimum absolute atomic E-state index is 0.502. The van der Waals surface area contributed by atoms with E-state index in [1.54, 1.807) is 0 Å². The van der Waals surface area contributed by atoms with Gasteiger partial charge in [0.25, 0.3) is 0 Å². The fraction of sp³-hybridized carbons (Fsp3) is 0.263. The SMILES string of the molecule is C/C=C\C(=C/C)C1C=CC=C(c2ccc(C)cc2)C1.